The summed E-state index contributed by atoms with van der Waals surface area (Å²) in [5.41, 5.74) is 5.35. The predicted octanol–water partition coefficient (Wildman–Crippen LogP) is 11.5. The predicted molar refractivity (Wildman–Crippen MR) is 228 cm³/mol. The van der Waals surface area contributed by atoms with Gasteiger partial charge in [-0.05, 0) is 83.5 Å². The van der Waals surface area contributed by atoms with E-state index in [-0.39, 0.29) is 32.6 Å². The number of carbonyl (C=O) groups excluding carboxylic acids is 2. The summed E-state index contributed by atoms with van der Waals surface area (Å²) < 4.78 is 38.6. The number of allylic oxidation sites excluding steroid dienone is 9. The molecule has 322 valence electrons. The van der Waals surface area contributed by atoms with Gasteiger partial charge in [-0.25, -0.2) is 4.57 Å². The van der Waals surface area contributed by atoms with E-state index in [0.29, 0.717) is 25.0 Å². The Balaban J connectivity index is 2.22. The molecule has 0 aliphatic carbocycles. The molecule has 0 amide bonds. The van der Waals surface area contributed by atoms with Gasteiger partial charge < -0.3 is 24.8 Å². The van der Waals surface area contributed by atoms with Crippen LogP contribution in [0, 0.1) is 0 Å². The van der Waals surface area contributed by atoms with Gasteiger partial charge in [0, 0.05) is 19.4 Å². The van der Waals surface area contributed by atoms with Crippen molar-refractivity contribution in [1.82, 2.24) is 0 Å². The highest BCUT2D eigenvalue weighted by Crippen LogP contribution is 2.43. The summed E-state index contributed by atoms with van der Waals surface area (Å²) in [5, 5.41) is 0. The second kappa shape index (κ2) is 37.0. The molecule has 1 aliphatic heterocycles. The number of esters is 2. The van der Waals surface area contributed by atoms with E-state index < -0.39 is 32.5 Å². The number of phosphoric acid groups is 1. The van der Waals surface area contributed by atoms with Gasteiger partial charge in [-0.3, -0.25) is 18.6 Å². The maximum atomic E-state index is 12.6. The van der Waals surface area contributed by atoms with Crippen LogP contribution >= 0.6 is 7.82 Å². The standard InChI is InChI=1S/C45H78NO9P/c1-3-5-7-9-11-12-13-14-15-16-17-18-19-20-21-22-23-27-31-35-44(47)51-39-41(40-53-56(49,50)52-38-37-46)54-45(48)36-32-28-24-26-30-34-43-42(55-43)33-29-25-10-8-6-4-2/h11-12,14-15,17-18,20-21,25,29,41-43H,3-10,13,16,19,22-24,26-28,30-40,46H2,1-2H3,(H,49,50)/b12-11-,15-14-,18-17-,21-20-,29-25-/t41-,42?,43?/m1/s1. The molecular weight excluding hydrogens is 729 g/mol. The number of carbonyl (C=O) groups is 2. The first-order valence-electron chi connectivity index (χ1n) is 21.9. The minimum absolute atomic E-state index is 0.0409. The second-order valence-corrected chi connectivity index (χ2v) is 16.0. The Morgan fingerprint density at radius 3 is 1.77 bits per heavy atom. The molecular formula is C45H78NO9P. The van der Waals surface area contributed by atoms with Gasteiger partial charge >= 0.3 is 19.8 Å². The molecule has 0 aromatic heterocycles. The highest BCUT2D eigenvalue weighted by atomic mass is 31.2. The Labute approximate surface area is 340 Å². The molecule has 0 saturated carbocycles. The van der Waals surface area contributed by atoms with Gasteiger partial charge in [0.15, 0.2) is 6.10 Å². The quantitative estimate of drug-likeness (QED) is 0.0202. The fraction of sp³-hybridized carbons (Fsp3) is 0.733. The highest BCUT2D eigenvalue weighted by Gasteiger charge is 2.36. The lowest BCUT2D eigenvalue weighted by atomic mass is 10.1. The zero-order chi connectivity index (χ0) is 40.8. The van der Waals surface area contributed by atoms with Gasteiger partial charge in [0.05, 0.1) is 25.4 Å². The molecule has 1 fully saturated rings. The van der Waals surface area contributed by atoms with Crippen LogP contribution in [-0.2, 0) is 37.4 Å². The van der Waals surface area contributed by atoms with Crippen molar-refractivity contribution in [3.8, 4) is 0 Å². The summed E-state index contributed by atoms with van der Waals surface area (Å²) in [6.07, 6.45) is 45.5. The molecule has 3 unspecified atom stereocenters. The lowest BCUT2D eigenvalue weighted by molar-refractivity contribution is -0.161. The Morgan fingerprint density at radius 2 is 1.16 bits per heavy atom. The van der Waals surface area contributed by atoms with Crippen LogP contribution in [0.3, 0.4) is 0 Å². The smallest absolute Gasteiger partial charge is 0.462 e. The average molecular weight is 808 g/mol. The number of epoxide rings is 1. The van der Waals surface area contributed by atoms with Crippen LogP contribution in [0.25, 0.3) is 0 Å². The maximum Gasteiger partial charge on any atom is 0.472 e. The first-order valence-corrected chi connectivity index (χ1v) is 23.4. The van der Waals surface area contributed by atoms with Crippen LogP contribution in [0.15, 0.2) is 60.8 Å². The molecule has 0 radical (unpaired) electrons. The number of hydrogen-bond donors (Lipinski definition) is 2. The maximum absolute atomic E-state index is 12.6. The zero-order valence-corrected chi connectivity index (χ0v) is 35.9. The van der Waals surface area contributed by atoms with Crippen LogP contribution < -0.4 is 5.73 Å². The monoisotopic (exact) mass is 808 g/mol. The third kappa shape index (κ3) is 33.8. The van der Waals surface area contributed by atoms with E-state index in [1.165, 1.54) is 44.9 Å². The minimum Gasteiger partial charge on any atom is -0.462 e. The summed E-state index contributed by atoms with van der Waals surface area (Å²) in [6.45, 7) is 3.59. The number of nitrogens with two attached hydrogens (primary N) is 1. The van der Waals surface area contributed by atoms with Crippen molar-refractivity contribution in [2.45, 2.75) is 186 Å². The van der Waals surface area contributed by atoms with Gasteiger partial charge in [-0.15, -0.1) is 0 Å². The Bertz CT molecular complexity index is 1170. The van der Waals surface area contributed by atoms with Gasteiger partial charge in [-0.2, -0.15) is 0 Å². The molecule has 56 heavy (non-hydrogen) atoms. The molecule has 0 aromatic rings. The molecule has 1 heterocycles. The molecule has 0 bridgehead atoms. The highest BCUT2D eigenvalue weighted by molar-refractivity contribution is 7.47. The van der Waals surface area contributed by atoms with E-state index in [1.807, 2.05) is 0 Å². The summed E-state index contributed by atoms with van der Waals surface area (Å²) in [6, 6.07) is 0. The molecule has 0 aromatic carbocycles. The Hall–Kier alpha value is -2.33. The van der Waals surface area contributed by atoms with E-state index in [9.17, 15) is 19.0 Å². The van der Waals surface area contributed by atoms with Gasteiger partial charge in [0.25, 0.3) is 0 Å². The fourth-order valence-electron chi connectivity index (χ4n) is 5.92. The van der Waals surface area contributed by atoms with Crippen LogP contribution in [-0.4, -0.2) is 61.5 Å². The fourth-order valence-corrected chi connectivity index (χ4v) is 6.68. The molecule has 1 saturated heterocycles. The summed E-state index contributed by atoms with van der Waals surface area (Å²) in [4.78, 5) is 34.9. The zero-order valence-electron chi connectivity index (χ0n) is 35.0. The third-order valence-corrected chi connectivity index (χ3v) is 10.3. The number of ether oxygens (including phenoxy) is 3. The first kappa shape index (κ1) is 51.7. The number of unbranched alkanes of at least 4 members (excludes halogenated alkanes) is 13. The molecule has 1 aliphatic rings. The number of phosphoric ester groups is 1. The average Bonchev–Trinajstić information content (AvgIpc) is 3.94. The molecule has 3 N–H and O–H groups in total. The molecule has 11 heteroatoms. The van der Waals surface area contributed by atoms with Gasteiger partial charge in [-0.1, -0.05) is 132 Å². The van der Waals surface area contributed by atoms with Crippen molar-refractivity contribution < 1.29 is 42.3 Å². The minimum atomic E-state index is -4.40. The summed E-state index contributed by atoms with van der Waals surface area (Å²) >= 11 is 0. The topological polar surface area (TPSA) is 147 Å². The summed E-state index contributed by atoms with van der Waals surface area (Å²) in [5.74, 6) is -0.892. The van der Waals surface area contributed by atoms with Crippen molar-refractivity contribution >= 4 is 19.8 Å². The lowest BCUT2D eigenvalue weighted by Crippen LogP contribution is -2.29. The van der Waals surface area contributed by atoms with Gasteiger partial charge in [0.2, 0.25) is 0 Å². The Morgan fingerprint density at radius 1 is 0.643 bits per heavy atom. The van der Waals surface area contributed by atoms with Crippen LogP contribution in [0.5, 0.6) is 0 Å². The van der Waals surface area contributed by atoms with Crippen molar-refractivity contribution in [2.75, 3.05) is 26.4 Å². The number of rotatable bonds is 39. The van der Waals surface area contributed by atoms with E-state index in [4.69, 9.17) is 29.0 Å². The van der Waals surface area contributed by atoms with Gasteiger partial charge in [0.1, 0.15) is 6.61 Å². The van der Waals surface area contributed by atoms with E-state index in [1.54, 1.807) is 0 Å². The van der Waals surface area contributed by atoms with Crippen LogP contribution in [0.2, 0.25) is 0 Å². The van der Waals surface area contributed by atoms with Crippen LogP contribution in [0.1, 0.15) is 168 Å². The van der Waals surface area contributed by atoms with Crippen molar-refractivity contribution in [3.63, 3.8) is 0 Å². The molecule has 0 spiro atoms. The Kier molecular flexibility index (Phi) is 34.1. The first-order chi connectivity index (χ1) is 27.3. The van der Waals surface area contributed by atoms with Crippen molar-refractivity contribution in [1.29, 1.82) is 0 Å². The van der Waals surface area contributed by atoms with Crippen molar-refractivity contribution in [3.05, 3.63) is 60.8 Å². The number of hydrogen-bond acceptors (Lipinski definition) is 9. The van der Waals surface area contributed by atoms with Crippen LogP contribution in [0.4, 0.5) is 0 Å². The third-order valence-electron chi connectivity index (χ3n) is 9.30. The molecule has 1 rings (SSSR count). The largest absolute Gasteiger partial charge is 0.472 e. The van der Waals surface area contributed by atoms with Crippen molar-refractivity contribution in [2.24, 2.45) is 5.73 Å². The second-order valence-electron chi connectivity index (χ2n) is 14.6. The van der Waals surface area contributed by atoms with E-state index in [2.05, 4.69) is 74.6 Å². The van der Waals surface area contributed by atoms with E-state index >= 15 is 0 Å². The normalized spacial score (nSPS) is 17.5. The van der Waals surface area contributed by atoms with E-state index in [0.717, 1.165) is 83.5 Å². The molecule has 4 atom stereocenters. The molecule has 10 nitrogen and oxygen atoms in total. The SMILES string of the molecule is CCCCC/C=C\C/C=C\C/C=C\C/C=C\CCCCCC(=O)OC[C@H](COP(=O)(O)OCCN)OC(=O)CCCCCCCC1OC1C/C=C\CCCCC. The lowest BCUT2D eigenvalue weighted by Gasteiger charge is -2.19. The summed E-state index contributed by atoms with van der Waals surface area (Å²) in [7, 11) is -4.40.